The number of halogens is 1. The van der Waals surface area contributed by atoms with Crippen molar-refractivity contribution in [3.05, 3.63) is 48.0 Å². The summed E-state index contributed by atoms with van der Waals surface area (Å²) in [7, 11) is 1.83. The number of aryl methyl sites for hydroxylation is 1. The second kappa shape index (κ2) is 11.4. The van der Waals surface area contributed by atoms with Gasteiger partial charge in [-0.25, -0.2) is 0 Å². The highest BCUT2D eigenvalue weighted by molar-refractivity contribution is 14.0. The molecule has 154 valence electrons. The lowest BCUT2D eigenvalue weighted by Crippen LogP contribution is -2.45. The van der Waals surface area contributed by atoms with Gasteiger partial charge in [-0.3, -0.25) is 9.89 Å². The van der Waals surface area contributed by atoms with Crippen LogP contribution >= 0.6 is 24.0 Å². The zero-order valence-electron chi connectivity index (χ0n) is 17.0. The van der Waals surface area contributed by atoms with Crippen LogP contribution in [0.15, 0.2) is 41.7 Å². The van der Waals surface area contributed by atoms with Crippen LogP contribution in [0.5, 0.6) is 0 Å². The minimum Gasteiger partial charge on any atom is -0.355 e. The van der Waals surface area contributed by atoms with Crippen LogP contribution in [0.25, 0.3) is 0 Å². The lowest BCUT2D eigenvalue weighted by Gasteiger charge is -2.21. The average molecular weight is 497 g/mol. The van der Waals surface area contributed by atoms with Crippen molar-refractivity contribution >= 4 is 29.9 Å². The minimum atomic E-state index is 0. The third kappa shape index (κ3) is 6.16. The van der Waals surface area contributed by atoms with Crippen LogP contribution in [-0.4, -0.2) is 57.8 Å². The number of likely N-dealkylation sites (tertiary alicyclic amines) is 1. The van der Waals surface area contributed by atoms with E-state index in [4.69, 9.17) is 0 Å². The summed E-state index contributed by atoms with van der Waals surface area (Å²) in [5.74, 6) is 1.88. The predicted molar refractivity (Wildman–Crippen MR) is 124 cm³/mol. The fourth-order valence-corrected chi connectivity index (χ4v) is 3.66. The number of benzene rings is 1. The first-order chi connectivity index (χ1) is 13.2. The molecule has 1 aromatic carbocycles. The molecule has 0 saturated carbocycles. The summed E-state index contributed by atoms with van der Waals surface area (Å²) in [5, 5.41) is 15.1. The van der Waals surface area contributed by atoms with Crippen molar-refractivity contribution in [1.29, 1.82) is 0 Å². The Hall–Kier alpha value is -1.68. The van der Waals surface area contributed by atoms with Gasteiger partial charge in [0.15, 0.2) is 5.96 Å². The number of hydrogen-bond acceptors (Lipinski definition) is 4. The molecule has 0 spiro atoms. The van der Waals surface area contributed by atoms with Crippen molar-refractivity contribution in [1.82, 2.24) is 30.3 Å². The molecule has 0 amide bonds. The summed E-state index contributed by atoms with van der Waals surface area (Å²) in [5.41, 5.74) is 1.37. The smallest absolute Gasteiger partial charge is 0.191 e. The Bertz CT molecular complexity index is 731. The zero-order valence-corrected chi connectivity index (χ0v) is 19.3. The Morgan fingerprint density at radius 2 is 2.07 bits per heavy atom. The van der Waals surface area contributed by atoms with E-state index >= 15 is 0 Å². The molecule has 1 saturated heterocycles. The molecule has 2 heterocycles. The van der Waals surface area contributed by atoms with E-state index in [0.717, 1.165) is 50.8 Å². The van der Waals surface area contributed by atoms with Gasteiger partial charge in [0.1, 0.15) is 12.2 Å². The van der Waals surface area contributed by atoms with Crippen LogP contribution < -0.4 is 10.6 Å². The molecule has 0 radical (unpaired) electrons. The summed E-state index contributed by atoms with van der Waals surface area (Å²) in [6.07, 6.45) is 3.81. The molecule has 0 aliphatic carbocycles. The predicted octanol–water partition coefficient (Wildman–Crippen LogP) is 2.29. The molecule has 2 unspecified atom stereocenters. The summed E-state index contributed by atoms with van der Waals surface area (Å²) >= 11 is 0. The molecular formula is C20H32IN7. The Labute approximate surface area is 185 Å². The molecule has 28 heavy (non-hydrogen) atoms. The summed E-state index contributed by atoms with van der Waals surface area (Å²) in [6, 6.07) is 11.7. The van der Waals surface area contributed by atoms with Gasteiger partial charge in [-0.05, 0) is 18.9 Å². The molecule has 2 N–H and O–H groups in total. The van der Waals surface area contributed by atoms with Gasteiger partial charge in [-0.2, -0.15) is 0 Å². The quantitative estimate of drug-likeness (QED) is 0.349. The zero-order chi connectivity index (χ0) is 19.1. The first kappa shape index (κ1) is 22.6. The van der Waals surface area contributed by atoms with E-state index < -0.39 is 0 Å². The molecule has 3 rings (SSSR count). The Morgan fingerprint density at radius 3 is 2.79 bits per heavy atom. The Morgan fingerprint density at radius 1 is 1.29 bits per heavy atom. The van der Waals surface area contributed by atoms with Crippen LogP contribution in [0.1, 0.15) is 31.7 Å². The number of rotatable bonds is 7. The monoisotopic (exact) mass is 497 g/mol. The number of nitrogens with zero attached hydrogens (tertiary/aromatic N) is 5. The van der Waals surface area contributed by atoms with E-state index in [0.29, 0.717) is 12.1 Å². The van der Waals surface area contributed by atoms with Crippen LogP contribution in [0.4, 0.5) is 0 Å². The fourth-order valence-electron chi connectivity index (χ4n) is 3.66. The number of nitrogens with one attached hydrogen (secondary N) is 2. The van der Waals surface area contributed by atoms with E-state index in [1.165, 1.54) is 5.56 Å². The summed E-state index contributed by atoms with van der Waals surface area (Å²) in [6.45, 7) is 8.05. The lowest BCUT2D eigenvalue weighted by atomic mass is 10.2. The normalized spacial score (nSPS) is 20.0. The maximum absolute atomic E-state index is 4.38. The third-order valence-electron chi connectivity index (χ3n) is 5.15. The van der Waals surface area contributed by atoms with E-state index in [9.17, 15) is 0 Å². The molecule has 0 bridgehead atoms. The van der Waals surface area contributed by atoms with Gasteiger partial charge < -0.3 is 15.2 Å². The largest absolute Gasteiger partial charge is 0.355 e. The molecule has 1 aliphatic rings. The van der Waals surface area contributed by atoms with Crippen LogP contribution in [0.3, 0.4) is 0 Å². The van der Waals surface area contributed by atoms with Gasteiger partial charge >= 0.3 is 0 Å². The maximum atomic E-state index is 4.38. The van der Waals surface area contributed by atoms with Gasteiger partial charge in [0, 0.05) is 51.7 Å². The van der Waals surface area contributed by atoms with Gasteiger partial charge in [0.2, 0.25) is 0 Å². The van der Waals surface area contributed by atoms with Crippen molar-refractivity contribution in [2.24, 2.45) is 4.99 Å². The topological polar surface area (TPSA) is 70.4 Å². The molecule has 1 aromatic heterocycles. The second-order valence-electron chi connectivity index (χ2n) is 7.13. The Kier molecular flexibility index (Phi) is 9.17. The molecule has 7 nitrogen and oxygen atoms in total. The van der Waals surface area contributed by atoms with Gasteiger partial charge in [-0.15, -0.1) is 34.2 Å². The van der Waals surface area contributed by atoms with E-state index in [1.54, 1.807) is 6.33 Å². The van der Waals surface area contributed by atoms with Gasteiger partial charge in [-0.1, -0.05) is 37.3 Å². The van der Waals surface area contributed by atoms with Crippen LogP contribution in [0, 0.1) is 0 Å². The molecule has 8 heteroatoms. The first-order valence-corrected chi connectivity index (χ1v) is 9.81. The molecular weight excluding hydrogens is 465 g/mol. The minimum absolute atomic E-state index is 0. The Balaban J connectivity index is 0.00000280. The SMILES string of the molecule is CCc1nncn1CCNC(=NC)NC1CC(C)N(Cc2ccccc2)C1.I. The number of guanidine groups is 1. The summed E-state index contributed by atoms with van der Waals surface area (Å²) < 4.78 is 2.08. The van der Waals surface area contributed by atoms with Crippen LogP contribution in [0.2, 0.25) is 0 Å². The molecule has 2 aromatic rings. The van der Waals surface area contributed by atoms with E-state index in [1.807, 2.05) is 7.05 Å². The second-order valence-corrected chi connectivity index (χ2v) is 7.13. The van der Waals surface area contributed by atoms with E-state index in [-0.39, 0.29) is 24.0 Å². The summed E-state index contributed by atoms with van der Waals surface area (Å²) in [4.78, 5) is 6.92. The van der Waals surface area contributed by atoms with Crippen molar-refractivity contribution in [3.63, 3.8) is 0 Å². The van der Waals surface area contributed by atoms with Gasteiger partial charge in [0.25, 0.3) is 0 Å². The van der Waals surface area contributed by atoms with Crippen molar-refractivity contribution in [2.75, 3.05) is 20.1 Å². The highest BCUT2D eigenvalue weighted by Gasteiger charge is 2.29. The van der Waals surface area contributed by atoms with Crippen molar-refractivity contribution in [3.8, 4) is 0 Å². The first-order valence-electron chi connectivity index (χ1n) is 9.81. The molecule has 2 atom stereocenters. The maximum Gasteiger partial charge on any atom is 0.191 e. The number of aromatic nitrogens is 3. The van der Waals surface area contributed by atoms with Crippen molar-refractivity contribution < 1.29 is 0 Å². The standard InChI is InChI=1S/C20H31N7.HI/c1-4-19-25-23-15-26(19)11-10-22-20(21-3)24-18-12-16(2)27(14-18)13-17-8-6-5-7-9-17;/h5-9,15-16,18H,4,10-14H2,1-3H3,(H2,21,22,24);1H. The third-order valence-corrected chi connectivity index (χ3v) is 5.15. The highest BCUT2D eigenvalue weighted by atomic mass is 127. The number of hydrogen-bond donors (Lipinski definition) is 2. The van der Waals surface area contributed by atoms with Crippen LogP contribution in [-0.2, 0) is 19.5 Å². The van der Waals surface area contributed by atoms with E-state index in [2.05, 4.69) is 79.5 Å². The molecule has 1 aliphatic heterocycles. The average Bonchev–Trinajstić information content (AvgIpc) is 3.28. The molecule has 1 fully saturated rings. The number of aliphatic imine (C=N–C) groups is 1. The van der Waals surface area contributed by atoms with Crippen molar-refractivity contribution in [2.45, 2.75) is 51.9 Å². The lowest BCUT2D eigenvalue weighted by molar-refractivity contribution is 0.258. The van der Waals surface area contributed by atoms with Gasteiger partial charge in [0.05, 0.1) is 0 Å². The fraction of sp³-hybridized carbons (Fsp3) is 0.550. The highest BCUT2D eigenvalue weighted by Crippen LogP contribution is 2.20.